The van der Waals surface area contributed by atoms with Crippen LogP contribution < -0.4 is 10.7 Å². The first-order valence-electron chi connectivity index (χ1n) is 14.1. The highest BCUT2D eigenvalue weighted by atomic mass is 35.5. The molecule has 1 aliphatic heterocycles. The van der Waals surface area contributed by atoms with Crippen LogP contribution in [-0.4, -0.2) is 55.0 Å². The summed E-state index contributed by atoms with van der Waals surface area (Å²) in [6.07, 6.45) is 11.0. The van der Waals surface area contributed by atoms with Gasteiger partial charge in [-0.2, -0.15) is 0 Å². The Labute approximate surface area is 234 Å². The second kappa shape index (κ2) is 10.3. The molecule has 12 heteroatoms. The van der Waals surface area contributed by atoms with Crippen LogP contribution in [0.4, 0.5) is 10.3 Å². The van der Waals surface area contributed by atoms with E-state index in [9.17, 15) is 4.79 Å². The van der Waals surface area contributed by atoms with Gasteiger partial charge in [-0.1, -0.05) is 36.5 Å². The third-order valence-electron chi connectivity index (χ3n) is 8.77. The number of aromatic amines is 1. The second-order valence-corrected chi connectivity index (χ2v) is 11.8. The van der Waals surface area contributed by atoms with E-state index in [2.05, 4.69) is 36.0 Å². The fourth-order valence-corrected chi connectivity index (χ4v) is 6.90. The first-order valence-corrected chi connectivity index (χ1v) is 14.5. The van der Waals surface area contributed by atoms with Crippen LogP contribution in [-0.2, 0) is 11.3 Å². The van der Waals surface area contributed by atoms with Crippen molar-refractivity contribution < 1.29 is 13.7 Å². The molecule has 0 unspecified atom stereocenters. The normalized spacial score (nSPS) is 25.0. The standard InChI is InChI=1S/C28H31ClFN7O3/c1-15-5-7-16(8-6-15)14-37-25-22(17-11-18(29)13-31-12-17)32-24(26-34-28(38)40-35-26)21(30)23(25)33-27(37)36-9-10-39-20-4-2-3-19(20)36/h11-13,15-16,19-20H,2-10,14H2,1H3,(H,34,35,38)/t15?,16?,19-,20-/m0/s1. The molecule has 4 aromatic rings. The summed E-state index contributed by atoms with van der Waals surface area (Å²) in [6, 6.07) is 1.94. The smallest absolute Gasteiger partial charge is 0.374 e. The van der Waals surface area contributed by atoms with E-state index in [4.69, 9.17) is 26.3 Å². The maximum absolute atomic E-state index is 16.4. The number of nitrogens with zero attached hydrogens (tertiary/aromatic N) is 6. The molecule has 40 heavy (non-hydrogen) atoms. The summed E-state index contributed by atoms with van der Waals surface area (Å²) in [6.45, 7) is 4.29. The summed E-state index contributed by atoms with van der Waals surface area (Å²) >= 11 is 6.35. The number of ether oxygens (including phenoxy) is 1. The Kier molecular flexibility index (Phi) is 6.58. The predicted molar refractivity (Wildman–Crippen MR) is 148 cm³/mol. The number of aromatic nitrogens is 6. The molecule has 3 fully saturated rings. The molecule has 0 amide bonds. The zero-order chi connectivity index (χ0) is 27.4. The van der Waals surface area contributed by atoms with E-state index in [1.54, 1.807) is 18.5 Å². The largest absolute Gasteiger partial charge is 0.439 e. The molecule has 2 saturated carbocycles. The van der Waals surface area contributed by atoms with Gasteiger partial charge < -0.3 is 14.2 Å². The number of nitrogens with one attached hydrogen (secondary N) is 1. The fraction of sp³-hybridized carbons (Fsp3) is 0.536. The molecule has 2 atom stereocenters. The van der Waals surface area contributed by atoms with Crippen LogP contribution in [0, 0.1) is 17.7 Å². The molecule has 1 N–H and O–H groups in total. The number of fused-ring (bicyclic) bond motifs is 2. The minimum Gasteiger partial charge on any atom is -0.374 e. The number of halogens is 2. The Morgan fingerprint density at radius 2 is 1.98 bits per heavy atom. The zero-order valence-electron chi connectivity index (χ0n) is 22.3. The van der Waals surface area contributed by atoms with Crippen molar-refractivity contribution in [3.63, 3.8) is 0 Å². The lowest BCUT2D eigenvalue weighted by atomic mass is 9.83. The minimum atomic E-state index is -0.791. The van der Waals surface area contributed by atoms with Crippen LogP contribution in [0.1, 0.15) is 51.9 Å². The van der Waals surface area contributed by atoms with Gasteiger partial charge in [0, 0.05) is 31.0 Å². The fourth-order valence-electron chi connectivity index (χ4n) is 6.73. The van der Waals surface area contributed by atoms with Crippen molar-refractivity contribution in [3.8, 4) is 22.8 Å². The number of rotatable bonds is 5. The van der Waals surface area contributed by atoms with Gasteiger partial charge in [-0.05, 0) is 50.0 Å². The van der Waals surface area contributed by atoms with Gasteiger partial charge in [0.25, 0.3) is 0 Å². The molecule has 2 aliphatic carbocycles. The maximum atomic E-state index is 16.4. The van der Waals surface area contributed by atoms with Crippen molar-refractivity contribution in [2.45, 2.75) is 70.6 Å². The van der Waals surface area contributed by atoms with Crippen molar-refractivity contribution in [2.75, 3.05) is 18.1 Å². The number of H-pyrrole nitrogens is 1. The van der Waals surface area contributed by atoms with E-state index in [1.165, 1.54) is 12.8 Å². The molecule has 0 bridgehead atoms. The van der Waals surface area contributed by atoms with Gasteiger partial charge in [-0.15, -0.1) is 0 Å². The lowest BCUT2D eigenvalue weighted by Crippen LogP contribution is -2.49. The Bertz CT molecular complexity index is 1610. The van der Waals surface area contributed by atoms with E-state index in [1.807, 2.05) is 0 Å². The number of anilines is 1. The van der Waals surface area contributed by atoms with E-state index >= 15 is 4.39 Å². The minimum absolute atomic E-state index is 0.0970. The molecule has 1 saturated heterocycles. The Balaban J connectivity index is 1.48. The van der Waals surface area contributed by atoms with Crippen molar-refractivity contribution in [1.82, 2.24) is 29.7 Å². The number of hydrogen-bond acceptors (Lipinski definition) is 8. The SMILES string of the molecule is CC1CCC(Cn2c(N3CCO[C@H]4CCC[C@@H]43)nc3c(F)c(-c4noc(=O)[nH]4)nc(-c4cncc(Cl)c4)c32)CC1. The quantitative estimate of drug-likeness (QED) is 0.349. The predicted octanol–water partition coefficient (Wildman–Crippen LogP) is 5.21. The average molecular weight is 568 g/mol. The lowest BCUT2D eigenvalue weighted by Gasteiger charge is -2.39. The van der Waals surface area contributed by atoms with E-state index in [0.717, 1.165) is 38.1 Å². The third kappa shape index (κ3) is 4.49. The van der Waals surface area contributed by atoms with Crippen LogP contribution in [0.3, 0.4) is 0 Å². The van der Waals surface area contributed by atoms with Crippen LogP contribution >= 0.6 is 11.6 Å². The molecule has 0 aromatic carbocycles. The highest BCUT2D eigenvalue weighted by Crippen LogP contribution is 2.41. The van der Waals surface area contributed by atoms with Crippen LogP contribution in [0.25, 0.3) is 33.8 Å². The maximum Gasteiger partial charge on any atom is 0.439 e. The van der Waals surface area contributed by atoms with Gasteiger partial charge in [0.15, 0.2) is 5.82 Å². The lowest BCUT2D eigenvalue weighted by molar-refractivity contribution is 0.0247. The molecule has 0 radical (unpaired) electrons. The van der Waals surface area contributed by atoms with E-state index in [0.29, 0.717) is 53.3 Å². The molecule has 3 aliphatic rings. The van der Waals surface area contributed by atoms with Gasteiger partial charge in [-0.3, -0.25) is 14.5 Å². The first kappa shape index (κ1) is 25.6. The van der Waals surface area contributed by atoms with Crippen molar-refractivity contribution in [3.05, 3.63) is 39.9 Å². The van der Waals surface area contributed by atoms with E-state index in [-0.39, 0.29) is 29.2 Å². The zero-order valence-corrected chi connectivity index (χ0v) is 23.0. The Hall–Kier alpha value is -3.31. The highest BCUT2D eigenvalue weighted by molar-refractivity contribution is 6.30. The number of morpholine rings is 1. The van der Waals surface area contributed by atoms with Crippen LogP contribution in [0.2, 0.25) is 5.02 Å². The molecule has 5 heterocycles. The Morgan fingerprint density at radius 3 is 2.75 bits per heavy atom. The van der Waals surface area contributed by atoms with Crippen molar-refractivity contribution in [2.24, 2.45) is 11.8 Å². The average Bonchev–Trinajstić information content (AvgIpc) is 3.69. The molecule has 210 valence electrons. The van der Waals surface area contributed by atoms with Crippen LogP contribution in [0.5, 0.6) is 0 Å². The molecule has 4 aromatic heterocycles. The number of pyridine rings is 2. The topological polar surface area (TPSA) is 115 Å². The summed E-state index contributed by atoms with van der Waals surface area (Å²) in [4.78, 5) is 30.5. The summed E-state index contributed by atoms with van der Waals surface area (Å²) in [5.74, 6) is 0.338. The molecular weight excluding hydrogens is 537 g/mol. The molecule has 7 rings (SSSR count). The van der Waals surface area contributed by atoms with Crippen molar-refractivity contribution >= 4 is 28.6 Å². The van der Waals surface area contributed by atoms with Crippen LogP contribution in [0.15, 0.2) is 27.8 Å². The summed E-state index contributed by atoms with van der Waals surface area (Å²) in [5.41, 5.74) is 1.71. The van der Waals surface area contributed by atoms with E-state index < -0.39 is 11.6 Å². The van der Waals surface area contributed by atoms with Gasteiger partial charge in [0.05, 0.1) is 35.0 Å². The monoisotopic (exact) mass is 567 g/mol. The number of imidazole rings is 1. The Morgan fingerprint density at radius 1 is 1.12 bits per heavy atom. The van der Waals surface area contributed by atoms with Gasteiger partial charge in [-0.25, -0.2) is 19.2 Å². The van der Waals surface area contributed by atoms with Gasteiger partial charge in [0.2, 0.25) is 11.8 Å². The summed E-state index contributed by atoms with van der Waals surface area (Å²) in [5, 5.41) is 4.15. The summed E-state index contributed by atoms with van der Waals surface area (Å²) < 4.78 is 29.3. The van der Waals surface area contributed by atoms with Gasteiger partial charge in [0.1, 0.15) is 11.2 Å². The first-order chi connectivity index (χ1) is 19.5. The van der Waals surface area contributed by atoms with Gasteiger partial charge >= 0.3 is 5.76 Å². The highest BCUT2D eigenvalue weighted by Gasteiger charge is 2.39. The molecular formula is C28H31ClFN7O3. The molecule has 10 nitrogen and oxygen atoms in total. The summed E-state index contributed by atoms with van der Waals surface area (Å²) in [7, 11) is 0. The molecule has 0 spiro atoms. The van der Waals surface area contributed by atoms with Crippen molar-refractivity contribution in [1.29, 1.82) is 0 Å². The third-order valence-corrected chi connectivity index (χ3v) is 8.98. The number of hydrogen-bond donors (Lipinski definition) is 1. The second-order valence-electron chi connectivity index (χ2n) is 11.4.